The zero-order chi connectivity index (χ0) is 11.4. The van der Waals surface area contributed by atoms with Crippen molar-refractivity contribution in [2.45, 2.75) is 37.5 Å². The van der Waals surface area contributed by atoms with Crippen LogP contribution in [-0.4, -0.2) is 63.5 Å². The zero-order valence-electron chi connectivity index (χ0n) is 10.4. The molecule has 4 nitrogen and oxygen atoms in total. The third-order valence-corrected chi connectivity index (χ3v) is 3.62. The monoisotopic (exact) mass is 228 g/mol. The van der Waals surface area contributed by atoms with Crippen molar-refractivity contribution in [1.29, 1.82) is 0 Å². The van der Waals surface area contributed by atoms with Gasteiger partial charge in [0.05, 0.1) is 12.7 Å². The molecule has 0 radical (unpaired) electrons. The van der Waals surface area contributed by atoms with E-state index in [9.17, 15) is 0 Å². The third kappa shape index (κ3) is 3.42. The number of nitrogens with zero attached hydrogens (tertiary/aromatic N) is 1. The van der Waals surface area contributed by atoms with Gasteiger partial charge in [-0.3, -0.25) is 4.90 Å². The quantitative estimate of drug-likeness (QED) is 0.687. The van der Waals surface area contributed by atoms with E-state index < -0.39 is 0 Å². The van der Waals surface area contributed by atoms with Gasteiger partial charge in [-0.05, 0) is 19.3 Å². The van der Waals surface area contributed by atoms with Crippen LogP contribution in [0.1, 0.15) is 19.3 Å². The Morgan fingerprint density at radius 2 is 2.12 bits per heavy atom. The third-order valence-electron chi connectivity index (χ3n) is 3.62. The first-order valence-electron chi connectivity index (χ1n) is 6.32. The van der Waals surface area contributed by atoms with E-state index in [1.807, 2.05) is 0 Å². The fourth-order valence-electron chi connectivity index (χ4n) is 2.45. The SMILES string of the molecule is COCCN(CC1CC(OC)CN1)C1CC1. The molecule has 0 spiro atoms. The first-order valence-corrected chi connectivity index (χ1v) is 6.32. The summed E-state index contributed by atoms with van der Waals surface area (Å²) in [5.74, 6) is 0. The summed E-state index contributed by atoms with van der Waals surface area (Å²) in [6, 6.07) is 1.42. The van der Waals surface area contributed by atoms with Crippen LogP contribution >= 0.6 is 0 Å². The second-order valence-corrected chi connectivity index (χ2v) is 4.92. The van der Waals surface area contributed by atoms with Crippen molar-refractivity contribution in [2.75, 3.05) is 40.5 Å². The standard InChI is InChI=1S/C12H24N2O2/c1-15-6-5-14(11-3-4-11)9-10-7-12(16-2)8-13-10/h10-13H,3-9H2,1-2H3. The highest BCUT2D eigenvalue weighted by atomic mass is 16.5. The number of rotatable bonds is 7. The lowest BCUT2D eigenvalue weighted by Gasteiger charge is -2.25. The van der Waals surface area contributed by atoms with E-state index in [1.54, 1.807) is 14.2 Å². The molecule has 4 heteroatoms. The molecule has 2 aliphatic rings. The number of hydrogen-bond acceptors (Lipinski definition) is 4. The Morgan fingerprint density at radius 1 is 1.31 bits per heavy atom. The molecule has 0 bridgehead atoms. The van der Waals surface area contributed by atoms with Crippen LogP contribution in [0.4, 0.5) is 0 Å². The minimum Gasteiger partial charge on any atom is -0.383 e. The molecular weight excluding hydrogens is 204 g/mol. The van der Waals surface area contributed by atoms with Crippen LogP contribution in [0.5, 0.6) is 0 Å². The number of ether oxygens (including phenoxy) is 2. The highest BCUT2D eigenvalue weighted by molar-refractivity contribution is 4.90. The van der Waals surface area contributed by atoms with Gasteiger partial charge in [0.15, 0.2) is 0 Å². The molecule has 16 heavy (non-hydrogen) atoms. The maximum absolute atomic E-state index is 5.37. The molecule has 2 rings (SSSR count). The van der Waals surface area contributed by atoms with E-state index in [2.05, 4.69) is 10.2 Å². The molecule has 94 valence electrons. The Morgan fingerprint density at radius 3 is 2.69 bits per heavy atom. The van der Waals surface area contributed by atoms with Crippen molar-refractivity contribution >= 4 is 0 Å². The summed E-state index contributed by atoms with van der Waals surface area (Å²) in [6.45, 7) is 4.06. The van der Waals surface area contributed by atoms with Gasteiger partial charge in [-0.1, -0.05) is 0 Å². The lowest BCUT2D eigenvalue weighted by molar-refractivity contribution is 0.112. The summed E-state index contributed by atoms with van der Waals surface area (Å²) in [6.07, 6.45) is 4.29. The summed E-state index contributed by atoms with van der Waals surface area (Å²) < 4.78 is 10.5. The lowest BCUT2D eigenvalue weighted by atomic mass is 10.2. The van der Waals surface area contributed by atoms with E-state index >= 15 is 0 Å². The minimum absolute atomic E-state index is 0.411. The average Bonchev–Trinajstić information content (AvgIpc) is 3.05. The van der Waals surface area contributed by atoms with E-state index in [0.717, 1.165) is 38.7 Å². The smallest absolute Gasteiger partial charge is 0.0711 e. The minimum atomic E-state index is 0.411. The lowest BCUT2D eigenvalue weighted by Crippen LogP contribution is -2.40. The van der Waals surface area contributed by atoms with E-state index in [0.29, 0.717) is 12.1 Å². The molecule has 1 N–H and O–H groups in total. The number of hydrogen-bond donors (Lipinski definition) is 1. The first-order chi connectivity index (χ1) is 7.83. The largest absolute Gasteiger partial charge is 0.383 e. The van der Waals surface area contributed by atoms with E-state index in [-0.39, 0.29) is 0 Å². The highest BCUT2D eigenvalue weighted by Crippen LogP contribution is 2.27. The average molecular weight is 228 g/mol. The summed E-state index contributed by atoms with van der Waals surface area (Å²) >= 11 is 0. The molecule has 1 heterocycles. The van der Waals surface area contributed by atoms with Crippen LogP contribution in [-0.2, 0) is 9.47 Å². The Balaban J connectivity index is 1.72. The fourth-order valence-corrected chi connectivity index (χ4v) is 2.45. The summed E-state index contributed by atoms with van der Waals surface area (Å²) in [4.78, 5) is 2.57. The molecule has 0 aromatic heterocycles. The first kappa shape index (κ1) is 12.3. The summed E-state index contributed by atoms with van der Waals surface area (Å²) in [7, 11) is 3.58. The molecule has 0 aromatic rings. The van der Waals surface area contributed by atoms with Gasteiger partial charge in [0.25, 0.3) is 0 Å². The van der Waals surface area contributed by atoms with Gasteiger partial charge in [0.2, 0.25) is 0 Å². The number of nitrogens with one attached hydrogen (secondary N) is 1. The fraction of sp³-hybridized carbons (Fsp3) is 1.00. The molecule has 1 aliphatic carbocycles. The van der Waals surface area contributed by atoms with Crippen LogP contribution in [0.25, 0.3) is 0 Å². The predicted molar refractivity (Wildman–Crippen MR) is 63.7 cm³/mol. The zero-order valence-corrected chi connectivity index (χ0v) is 10.4. The Kier molecular flexibility index (Phi) is 4.58. The van der Waals surface area contributed by atoms with Gasteiger partial charge in [0, 0.05) is 45.9 Å². The van der Waals surface area contributed by atoms with Gasteiger partial charge in [-0.25, -0.2) is 0 Å². The summed E-state index contributed by atoms with van der Waals surface area (Å²) in [5, 5.41) is 3.54. The van der Waals surface area contributed by atoms with Gasteiger partial charge in [-0.2, -0.15) is 0 Å². The van der Waals surface area contributed by atoms with Gasteiger partial charge in [0.1, 0.15) is 0 Å². The van der Waals surface area contributed by atoms with Crippen molar-refractivity contribution in [3.8, 4) is 0 Å². The Bertz CT molecular complexity index is 209. The summed E-state index contributed by atoms with van der Waals surface area (Å²) in [5.41, 5.74) is 0. The molecule has 2 unspecified atom stereocenters. The van der Waals surface area contributed by atoms with Crippen molar-refractivity contribution in [2.24, 2.45) is 0 Å². The number of methoxy groups -OCH3 is 2. The maximum atomic E-state index is 5.37. The van der Waals surface area contributed by atoms with Crippen LogP contribution in [0.3, 0.4) is 0 Å². The Labute approximate surface area is 98.3 Å². The molecule has 1 saturated heterocycles. The van der Waals surface area contributed by atoms with Gasteiger partial charge in [-0.15, -0.1) is 0 Å². The van der Waals surface area contributed by atoms with Crippen LogP contribution in [0.15, 0.2) is 0 Å². The molecular formula is C12H24N2O2. The van der Waals surface area contributed by atoms with Crippen LogP contribution in [0.2, 0.25) is 0 Å². The van der Waals surface area contributed by atoms with Gasteiger partial charge >= 0.3 is 0 Å². The highest BCUT2D eigenvalue weighted by Gasteiger charge is 2.32. The van der Waals surface area contributed by atoms with Crippen molar-refractivity contribution < 1.29 is 9.47 Å². The molecule has 2 atom stereocenters. The van der Waals surface area contributed by atoms with Gasteiger partial charge < -0.3 is 14.8 Å². The van der Waals surface area contributed by atoms with Crippen molar-refractivity contribution in [3.63, 3.8) is 0 Å². The van der Waals surface area contributed by atoms with Crippen LogP contribution < -0.4 is 5.32 Å². The normalized spacial score (nSPS) is 30.2. The van der Waals surface area contributed by atoms with E-state index in [4.69, 9.17) is 9.47 Å². The second-order valence-electron chi connectivity index (χ2n) is 4.92. The second kappa shape index (κ2) is 5.96. The molecule has 1 saturated carbocycles. The molecule has 0 aromatic carbocycles. The molecule has 1 aliphatic heterocycles. The van der Waals surface area contributed by atoms with E-state index in [1.165, 1.54) is 12.8 Å². The molecule has 2 fully saturated rings. The predicted octanol–water partition coefficient (Wildman–Crippen LogP) is 0.474. The molecule has 0 amide bonds. The maximum Gasteiger partial charge on any atom is 0.0711 e. The Hall–Kier alpha value is -0.160. The van der Waals surface area contributed by atoms with Crippen molar-refractivity contribution in [1.82, 2.24) is 10.2 Å². The van der Waals surface area contributed by atoms with Crippen LogP contribution in [0, 0.1) is 0 Å². The van der Waals surface area contributed by atoms with Crippen molar-refractivity contribution in [3.05, 3.63) is 0 Å². The topological polar surface area (TPSA) is 33.7 Å².